The van der Waals surface area contributed by atoms with E-state index in [-0.39, 0.29) is 176 Å². The third-order valence-corrected chi connectivity index (χ3v) is 19.3. The molecule has 4 amide bonds. The first kappa shape index (κ1) is 74.2. The van der Waals surface area contributed by atoms with E-state index >= 15 is 0 Å². The Bertz CT molecular complexity index is 1970. The Hall–Kier alpha value is -2.84. The molecule has 0 bridgehead atoms. The monoisotopic (exact) mass is 1260 g/mol. The second-order valence-electron chi connectivity index (χ2n) is 16.4. The summed E-state index contributed by atoms with van der Waals surface area (Å²) in [5, 5.41) is 10.2. The fraction of sp³-hybridized carbons (Fsp3) is 0.810. The van der Waals surface area contributed by atoms with Crippen LogP contribution in [0.5, 0.6) is 0 Å². The van der Waals surface area contributed by atoms with E-state index in [1.807, 2.05) is 0 Å². The molecule has 35 heteroatoms. The Morgan fingerprint density at radius 1 is 0.377 bits per heavy atom. The van der Waals surface area contributed by atoms with E-state index in [1.165, 1.54) is 0 Å². The van der Waals surface area contributed by atoms with Crippen LogP contribution in [-0.2, 0) is 107 Å². The second kappa shape index (κ2) is 43.0. The highest BCUT2D eigenvalue weighted by atomic mass is 33.2. The third kappa shape index (κ3) is 53.6. The number of hydrogen-bond donors (Lipinski definition) is 4. The van der Waals surface area contributed by atoms with E-state index in [1.54, 1.807) is 0 Å². The van der Waals surface area contributed by atoms with Gasteiger partial charge >= 0.3 is 11.9 Å². The summed E-state index contributed by atoms with van der Waals surface area (Å²) in [6.45, 7) is -2.64. The molecule has 2 unspecified atom stereocenters. The normalized spacial score (nSPS) is 12.7. The van der Waals surface area contributed by atoms with Crippen molar-refractivity contribution in [3.05, 3.63) is 0 Å². The minimum Gasteiger partial charge on any atom is -0.438 e. The Morgan fingerprint density at radius 2 is 0.636 bits per heavy atom. The van der Waals surface area contributed by atoms with Gasteiger partial charge in [0.25, 0.3) is 0 Å². The van der Waals surface area contributed by atoms with Gasteiger partial charge in [-0.25, -0.2) is 33.7 Å². The molecule has 0 aromatic heterocycles. The van der Waals surface area contributed by atoms with E-state index in [0.717, 1.165) is 25.0 Å². The summed E-state index contributed by atoms with van der Waals surface area (Å²) in [7, 11) is -10.3. The third-order valence-electron chi connectivity index (χ3n) is 8.96. The molecular weight excluding hydrogens is 1190 g/mol. The van der Waals surface area contributed by atoms with Crippen molar-refractivity contribution in [2.45, 2.75) is 89.3 Å². The zero-order valence-electron chi connectivity index (χ0n) is 43.6. The van der Waals surface area contributed by atoms with Crippen molar-refractivity contribution >= 4 is 126 Å². The molecule has 77 heavy (non-hydrogen) atoms. The largest absolute Gasteiger partial charge is 0.438 e. The van der Waals surface area contributed by atoms with Crippen LogP contribution in [0.15, 0.2) is 0 Å². The quantitative estimate of drug-likeness (QED) is 0.0267. The van der Waals surface area contributed by atoms with Gasteiger partial charge in [0.15, 0.2) is 60.6 Å². The summed E-state index contributed by atoms with van der Waals surface area (Å²) in [5.41, 5.74) is 0. The molecule has 0 rings (SSSR count). The predicted octanol–water partition coefficient (Wildman–Crippen LogP) is -0.137. The number of ketones is 2. The summed E-state index contributed by atoms with van der Waals surface area (Å²) in [4.78, 5) is 98.4. The molecular formula is C42H74N4O23S8. The lowest BCUT2D eigenvalue weighted by atomic mass is 10.2. The van der Waals surface area contributed by atoms with Gasteiger partial charge < -0.3 is 54.4 Å². The summed E-state index contributed by atoms with van der Waals surface area (Å²) in [5.74, 6) is -3.08. The van der Waals surface area contributed by atoms with E-state index in [9.17, 15) is 72.0 Å². The molecule has 0 spiro atoms. The van der Waals surface area contributed by atoms with Crippen molar-refractivity contribution in [2.75, 3.05) is 127 Å². The van der Waals surface area contributed by atoms with Crippen LogP contribution in [-0.4, -0.2) is 220 Å². The standard InChI is InChI=1S/C42H74N4O23S8/c1-74(55,56)70-21-17-43-37(49)11-5-9-33(47)25-63-27-35(66-31-68-41(53)15-7-13-39(51)45-19-23-72-76(3,59)60)29-65-30-36(28-64-26-34(48)10-6-12-38(50)44-18-22-71-75(2,57)58)67-32-69-42(54)16-8-14-40(52)46-20-24-73-77(4,61)62/h35-36H,5-32H2,1-4H3,(H,43,49)(H,44,50)(H,45,51)(H,46,52). The maximum Gasteiger partial charge on any atom is 0.307 e. The van der Waals surface area contributed by atoms with E-state index in [2.05, 4.69) is 21.3 Å². The lowest BCUT2D eigenvalue weighted by Crippen LogP contribution is -2.33. The summed E-state index contributed by atoms with van der Waals surface area (Å²) in [6.07, 6.45) is 2.32. The summed E-state index contributed by atoms with van der Waals surface area (Å²) in [6, 6.07) is 0. The minimum absolute atomic E-state index is 0.00161. The average Bonchev–Trinajstić information content (AvgIpc) is 3.30. The molecule has 448 valence electrons. The zero-order valence-corrected chi connectivity index (χ0v) is 50.1. The number of Topliss-reactive ketones (excluding diaryl/α,β-unsaturated/α-hetero) is 2. The van der Waals surface area contributed by atoms with Crippen molar-refractivity contribution in [2.24, 2.45) is 0 Å². The van der Waals surface area contributed by atoms with E-state index < -0.39 is 98.2 Å². The van der Waals surface area contributed by atoms with Gasteiger partial charge in [0.05, 0.1) is 26.4 Å². The predicted molar refractivity (Wildman–Crippen MR) is 291 cm³/mol. The number of esters is 2. The van der Waals surface area contributed by atoms with Gasteiger partial charge in [-0.05, 0) is 68.9 Å². The van der Waals surface area contributed by atoms with E-state index in [0.29, 0.717) is 43.2 Å². The Kier molecular flexibility index (Phi) is 41.4. The molecule has 0 aliphatic rings. The lowest BCUT2D eigenvalue weighted by Gasteiger charge is -2.21. The van der Waals surface area contributed by atoms with Gasteiger partial charge in [-0.2, -0.15) is 0 Å². The maximum absolute atomic E-state index is 12.6. The molecule has 4 N–H and O–H groups in total. The minimum atomic E-state index is -3.26. The highest BCUT2D eigenvalue weighted by molar-refractivity contribution is 8.72. The van der Waals surface area contributed by atoms with Crippen LogP contribution in [0.1, 0.15) is 77.0 Å². The first-order valence-corrected chi connectivity index (χ1v) is 37.3. The average molecular weight is 1260 g/mol. The Morgan fingerprint density at radius 3 is 0.909 bits per heavy atom. The van der Waals surface area contributed by atoms with Crippen LogP contribution in [0.25, 0.3) is 0 Å². The highest BCUT2D eigenvalue weighted by Gasteiger charge is 2.19. The number of nitrogens with one attached hydrogen (secondary N) is 4. The van der Waals surface area contributed by atoms with Crippen LogP contribution in [0.2, 0.25) is 0 Å². The SMILES string of the molecule is CS(=O)(=O)SCCNC(=O)CCCC(=O)COCC(COCC(COCC(=O)CCCC(=O)NCCSS(C)(=O)=O)OCOC(=O)CCCC(=O)NCCSS(C)(=O)=O)OCOC(=O)CCCC(=O)NCCSS(C)(=O)=O. The smallest absolute Gasteiger partial charge is 0.307 e. The van der Waals surface area contributed by atoms with Crippen molar-refractivity contribution in [3.8, 4) is 0 Å². The van der Waals surface area contributed by atoms with Gasteiger partial charge in [-0.3, -0.25) is 38.4 Å². The first-order chi connectivity index (χ1) is 36.0. The van der Waals surface area contributed by atoms with Gasteiger partial charge in [0.1, 0.15) is 25.4 Å². The molecule has 0 saturated heterocycles. The number of hydrogen-bond acceptors (Lipinski definition) is 27. The van der Waals surface area contributed by atoms with Gasteiger partial charge in [-0.15, -0.1) is 0 Å². The lowest BCUT2D eigenvalue weighted by molar-refractivity contribution is -0.175. The number of ether oxygens (including phenoxy) is 7. The molecule has 0 aliphatic carbocycles. The molecule has 0 fully saturated rings. The topological polar surface area (TPSA) is 386 Å². The Balaban J connectivity index is 5.51. The number of carbonyl (C=O) groups is 8. The van der Waals surface area contributed by atoms with E-state index in [4.69, 9.17) is 33.2 Å². The molecule has 2 atom stereocenters. The molecule has 0 saturated carbocycles. The maximum atomic E-state index is 12.6. The van der Waals surface area contributed by atoms with Crippen LogP contribution >= 0.6 is 43.2 Å². The number of carbonyl (C=O) groups excluding carboxylic acids is 8. The molecule has 0 radical (unpaired) electrons. The summed E-state index contributed by atoms with van der Waals surface area (Å²) >= 11 is 0. The van der Waals surface area contributed by atoms with Crippen LogP contribution in [0, 0.1) is 0 Å². The van der Waals surface area contributed by atoms with Crippen LogP contribution in [0.3, 0.4) is 0 Å². The fourth-order valence-electron chi connectivity index (χ4n) is 5.47. The van der Waals surface area contributed by atoms with Crippen LogP contribution < -0.4 is 21.3 Å². The number of amides is 4. The highest BCUT2D eigenvalue weighted by Crippen LogP contribution is 2.11. The molecule has 27 nitrogen and oxygen atoms in total. The zero-order chi connectivity index (χ0) is 58.2. The second-order valence-corrected chi connectivity index (χ2v) is 34.7. The van der Waals surface area contributed by atoms with Crippen molar-refractivity contribution < 1.29 is 105 Å². The van der Waals surface area contributed by atoms with Gasteiger partial charge in [0.2, 0.25) is 23.6 Å². The molecule has 0 heterocycles. The Labute approximate surface area is 466 Å². The van der Waals surface area contributed by atoms with Crippen LogP contribution in [0.4, 0.5) is 0 Å². The fourth-order valence-corrected chi connectivity index (χ4v) is 12.1. The van der Waals surface area contributed by atoms with Crippen molar-refractivity contribution in [3.63, 3.8) is 0 Å². The van der Waals surface area contributed by atoms with Gasteiger partial charge in [0, 0.05) is 126 Å². The first-order valence-electron chi connectivity index (χ1n) is 23.8. The van der Waals surface area contributed by atoms with Gasteiger partial charge in [-0.1, -0.05) is 0 Å². The summed E-state index contributed by atoms with van der Waals surface area (Å²) < 4.78 is 129. The van der Waals surface area contributed by atoms with Crippen molar-refractivity contribution in [1.29, 1.82) is 0 Å². The molecule has 0 aromatic carbocycles. The number of rotatable bonds is 50. The molecule has 0 aliphatic heterocycles. The molecule has 0 aromatic rings. The van der Waals surface area contributed by atoms with Crippen molar-refractivity contribution in [1.82, 2.24) is 21.3 Å².